The van der Waals surface area contributed by atoms with E-state index in [4.69, 9.17) is 0 Å². The lowest BCUT2D eigenvalue weighted by atomic mass is 10.3. The van der Waals surface area contributed by atoms with Gasteiger partial charge in [0.15, 0.2) is 0 Å². The smallest absolute Gasteiger partial charge is 0.390 e. The highest BCUT2D eigenvalue weighted by Gasteiger charge is 2.22. The first-order chi connectivity index (χ1) is 8.06. The number of nitrogens with zero attached hydrogens (tertiary/aromatic N) is 3. The van der Waals surface area contributed by atoms with Gasteiger partial charge >= 0.3 is 5.82 Å². The number of nitrogens with one attached hydrogen (secondary N) is 1. The molecule has 0 amide bonds. The van der Waals surface area contributed by atoms with Gasteiger partial charge < -0.3 is 20.5 Å². The van der Waals surface area contributed by atoms with Gasteiger partial charge in [-0.25, -0.2) is 0 Å². The summed E-state index contributed by atoms with van der Waals surface area (Å²) in [6, 6.07) is 0.540. The number of nitro groups is 1. The molecule has 94 valence electrons. The van der Waals surface area contributed by atoms with E-state index < -0.39 is 11.0 Å². The number of aromatic nitrogens is 2. The Morgan fingerprint density at radius 2 is 2.47 bits per heavy atom. The van der Waals surface area contributed by atoms with Crippen LogP contribution in [0.4, 0.5) is 5.82 Å². The SMILES string of the molecule is Cc1cn(CC(O)CNC2CC2)nc1[N+](=O)[O-]. The van der Waals surface area contributed by atoms with Crippen LogP contribution in [0.15, 0.2) is 6.20 Å². The van der Waals surface area contributed by atoms with E-state index in [1.165, 1.54) is 17.5 Å². The third kappa shape index (κ3) is 3.24. The van der Waals surface area contributed by atoms with Crippen LogP contribution in [0.25, 0.3) is 0 Å². The van der Waals surface area contributed by atoms with Gasteiger partial charge in [-0.15, -0.1) is 0 Å². The van der Waals surface area contributed by atoms with E-state index >= 15 is 0 Å². The topological polar surface area (TPSA) is 93.2 Å². The minimum Gasteiger partial charge on any atom is -0.390 e. The molecular formula is C10H16N4O3. The van der Waals surface area contributed by atoms with Crippen molar-refractivity contribution in [2.24, 2.45) is 0 Å². The summed E-state index contributed by atoms with van der Waals surface area (Å²) in [5, 5.41) is 27.3. The average Bonchev–Trinajstić information content (AvgIpc) is 3.00. The van der Waals surface area contributed by atoms with E-state index in [1.54, 1.807) is 13.1 Å². The molecule has 1 heterocycles. The van der Waals surface area contributed by atoms with E-state index in [0.717, 1.165) is 0 Å². The summed E-state index contributed by atoms with van der Waals surface area (Å²) < 4.78 is 1.42. The van der Waals surface area contributed by atoms with Crippen LogP contribution < -0.4 is 5.32 Å². The van der Waals surface area contributed by atoms with E-state index in [-0.39, 0.29) is 12.4 Å². The Bertz CT molecular complexity index is 414. The second-order valence-electron chi connectivity index (χ2n) is 4.45. The molecule has 0 bridgehead atoms. The van der Waals surface area contributed by atoms with Crippen LogP contribution in [-0.4, -0.2) is 38.5 Å². The Morgan fingerprint density at radius 3 is 3.00 bits per heavy atom. The van der Waals surface area contributed by atoms with Crippen molar-refractivity contribution in [3.8, 4) is 0 Å². The number of aryl methyl sites for hydroxylation is 1. The highest BCUT2D eigenvalue weighted by Crippen LogP contribution is 2.18. The van der Waals surface area contributed by atoms with Crippen molar-refractivity contribution in [2.45, 2.75) is 38.5 Å². The maximum Gasteiger partial charge on any atom is 0.392 e. The standard InChI is InChI=1S/C10H16N4O3/c1-7-5-13(12-10(7)14(16)17)6-9(15)4-11-8-2-3-8/h5,8-9,11,15H,2-4,6H2,1H3. The molecule has 2 N–H and O–H groups in total. The second-order valence-corrected chi connectivity index (χ2v) is 4.45. The van der Waals surface area contributed by atoms with Gasteiger partial charge in [0.25, 0.3) is 0 Å². The predicted molar refractivity (Wildman–Crippen MR) is 60.6 cm³/mol. The van der Waals surface area contributed by atoms with Gasteiger partial charge in [-0.05, 0) is 24.7 Å². The highest BCUT2D eigenvalue weighted by atomic mass is 16.6. The summed E-state index contributed by atoms with van der Waals surface area (Å²) in [6.45, 7) is 2.40. The Kier molecular flexibility index (Phi) is 3.39. The second kappa shape index (κ2) is 4.80. The summed E-state index contributed by atoms with van der Waals surface area (Å²) in [5.74, 6) is -0.146. The van der Waals surface area contributed by atoms with Crippen molar-refractivity contribution < 1.29 is 10.0 Å². The number of rotatable bonds is 6. The minimum absolute atomic E-state index is 0.146. The normalized spacial score (nSPS) is 17.1. The van der Waals surface area contributed by atoms with Gasteiger partial charge in [-0.1, -0.05) is 0 Å². The third-order valence-corrected chi connectivity index (χ3v) is 2.71. The van der Waals surface area contributed by atoms with Gasteiger partial charge in [0.2, 0.25) is 0 Å². The predicted octanol–water partition coefficient (Wildman–Crippen LogP) is 0.213. The Hall–Kier alpha value is -1.47. The fourth-order valence-corrected chi connectivity index (χ4v) is 1.66. The Labute approximate surface area is 98.6 Å². The zero-order chi connectivity index (χ0) is 12.4. The Balaban J connectivity index is 1.88. The number of hydrogen-bond donors (Lipinski definition) is 2. The van der Waals surface area contributed by atoms with E-state index in [1.807, 2.05) is 0 Å². The molecule has 1 atom stereocenters. The summed E-state index contributed by atoms with van der Waals surface area (Å²) in [5.41, 5.74) is 0.511. The first-order valence-corrected chi connectivity index (χ1v) is 5.66. The molecule has 7 nitrogen and oxygen atoms in total. The molecule has 1 aromatic rings. The molecule has 1 aliphatic rings. The fraction of sp³-hybridized carbons (Fsp3) is 0.700. The molecule has 7 heteroatoms. The molecular weight excluding hydrogens is 224 g/mol. The third-order valence-electron chi connectivity index (χ3n) is 2.71. The summed E-state index contributed by atoms with van der Waals surface area (Å²) in [4.78, 5) is 10.1. The highest BCUT2D eigenvalue weighted by molar-refractivity contribution is 5.27. The largest absolute Gasteiger partial charge is 0.392 e. The first kappa shape index (κ1) is 12.0. The number of aliphatic hydroxyl groups excluding tert-OH is 1. The number of hydrogen-bond acceptors (Lipinski definition) is 5. The Morgan fingerprint density at radius 1 is 1.76 bits per heavy atom. The molecule has 0 radical (unpaired) electrons. The molecule has 0 saturated heterocycles. The van der Waals surface area contributed by atoms with Gasteiger partial charge in [-0.3, -0.25) is 0 Å². The van der Waals surface area contributed by atoms with E-state index in [0.29, 0.717) is 18.2 Å². The van der Waals surface area contributed by atoms with Crippen molar-refractivity contribution in [1.82, 2.24) is 15.1 Å². The average molecular weight is 240 g/mol. The molecule has 1 aliphatic carbocycles. The van der Waals surface area contributed by atoms with Gasteiger partial charge in [0.05, 0.1) is 29.5 Å². The van der Waals surface area contributed by atoms with Crippen LogP contribution in [-0.2, 0) is 6.54 Å². The van der Waals surface area contributed by atoms with Crippen LogP contribution in [0.2, 0.25) is 0 Å². The van der Waals surface area contributed by atoms with E-state index in [9.17, 15) is 15.2 Å². The quantitative estimate of drug-likeness (QED) is 0.547. The summed E-state index contributed by atoms with van der Waals surface area (Å²) >= 11 is 0. The van der Waals surface area contributed by atoms with Gasteiger partial charge in [0.1, 0.15) is 0 Å². The lowest BCUT2D eigenvalue weighted by Crippen LogP contribution is -2.31. The zero-order valence-corrected chi connectivity index (χ0v) is 9.67. The molecule has 1 aromatic heterocycles. The lowest BCUT2D eigenvalue weighted by Gasteiger charge is -2.09. The van der Waals surface area contributed by atoms with Crippen molar-refractivity contribution >= 4 is 5.82 Å². The summed E-state index contributed by atoms with van der Waals surface area (Å²) in [6.07, 6.45) is 3.34. The molecule has 0 aliphatic heterocycles. The molecule has 17 heavy (non-hydrogen) atoms. The molecule has 2 rings (SSSR count). The van der Waals surface area contributed by atoms with Crippen molar-refractivity contribution in [3.63, 3.8) is 0 Å². The van der Waals surface area contributed by atoms with Crippen molar-refractivity contribution in [3.05, 3.63) is 21.9 Å². The number of aliphatic hydroxyl groups is 1. The van der Waals surface area contributed by atoms with Gasteiger partial charge in [-0.2, -0.15) is 4.68 Å². The summed E-state index contributed by atoms with van der Waals surface area (Å²) in [7, 11) is 0. The molecule has 0 spiro atoms. The molecule has 1 unspecified atom stereocenters. The van der Waals surface area contributed by atoms with Crippen LogP contribution in [0.1, 0.15) is 18.4 Å². The maximum absolute atomic E-state index is 10.6. The minimum atomic E-state index is -0.575. The van der Waals surface area contributed by atoms with E-state index in [2.05, 4.69) is 10.4 Å². The molecule has 1 fully saturated rings. The van der Waals surface area contributed by atoms with Gasteiger partial charge in [0, 0.05) is 12.6 Å². The maximum atomic E-state index is 10.6. The monoisotopic (exact) mass is 240 g/mol. The van der Waals surface area contributed by atoms with Crippen molar-refractivity contribution in [1.29, 1.82) is 0 Å². The van der Waals surface area contributed by atoms with Crippen LogP contribution >= 0.6 is 0 Å². The molecule has 0 aromatic carbocycles. The van der Waals surface area contributed by atoms with Crippen LogP contribution in [0, 0.1) is 17.0 Å². The van der Waals surface area contributed by atoms with Crippen LogP contribution in [0.5, 0.6) is 0 Å². The fourth-order valence-electron chi connectivity index (χ4n) is 1.66. The van der Waals surface area contributed by atoms with Crippen molar-refractivity contribution in [2.75, 3.05) is 6.54 Å². The lowest BCUT2D eigenvalue weighted by molar-refractivity contribution is -0.390. The first-order valence-electron chi connectivity index (χ1n) is 5.66. The molecule has 1 saturated carbocycles. The van der Waals surface area contributed by atoms with Crippen LogP contribution in [0.3, 0.4) is 0 Å². The zero-order valence-electron chi connectivity index (χ0n) is 9.67.